The summed E-state index contributed by atoms with van der Waals surface area (Å²) in [5, 5.41) is 5.19. The van der Waals surface area contributed by atoms with Crippen molar-refractivity contribution in [2.24, 2.45) is 5.14 Å². The van der Waals surface area contributed by atoms with Gasteiger partial charge in [-0.2, -0.15) is 0 Å². The van der Waals surface area contributed by atoms with Gasteiger partial charge in [-0.3, -0.25) is 4.79 Å². The van der Waals surface area contributed by atoms with Crippen LogP contribution in [-0.4, -0.2) is 45.5 Å². The maximum atomic E-state index is 12.2. The average molecular weight is 335 g/mol. The molecule has 21 heavy (non-hydrogen) atoms. The first kappa shape index (κ1) is 17.9. The van der Waals surface area contributed by atoms with E-state index in [1.807, 2.05) is 13.8 Å². The SMILES string of the molecule is CC(C)OCCN(C)C(=O)c1cc(Cl)cc(S(N)(=O)=O)c1. The van der Waals surface area contributed by atoms with Crippen LogP contribution in [0.3, 0.4) is 0 Å². The molecule has 1 amide bonds. The lowest BCUT2D eigenvalue weighted by Gasteiger charge is -2.18. The number of likely N-dealkylation sites (N-methyl/N-ethyl adjacent to an activating group) is 1. The number of nitrogens with zero attached hydrogens (tertiary/aromatic N) is 1. The molecule has 0 aliphatic carbocycles. The highest BCUT2D eigenvalue weighted by Crippen LogP contribution is 2.19. The number of benzene rings is 1. The van der Waals surface area contributed by atoms with E-state index >= 15 is 0 Å². The molecule has 0 saturated heterocycles. The van der Waals surface area contributed by atoms with Crippen molar-refractivity contribution in [1.82, 2.24) is 4.90 Å². The Balaban J connectivity index is 2.89. The molecule has 0 aromatic heterocycles. The number of primary sulfonamides is 1. The van der Waals surface area contributed by atoms with Crippen LogP contribution in [0.4, 0.5) is 0 Å². The van der Waals surface area contributed by atoms with Crippen molar-refractivity contribution in [3.05, 3.63) is 28.8 Å². The smallest absolute Gasteiger partial charge is 0.253 e. The minimum absolute atomic E-state index is 0.0775. The van der Waals surface area contributed by atoms with Crippen LogP contribution in [0.2, 0.25) is 5.02 Å². The predicted molar refractivity (Wildman–Crippen MR) is 80.9 cm³/mol. The zero-order valence-corrected chi connectivity index (χ0v) is 13.7. The van der Waals surface area contributed by atoms with Gasteiger partial charge in [0.15, 0.2) is 0 Å². The number of sulfonamides is 1. The van der Waals surface area contributed by atoms with E-state index in [9.17, 15) is 13.2 Å². The van der Waals surface area contributed by atoms with Crippen LogP contribution in [0.25, 0.3) is 0 Å². The summed E-state index contributed by atoms with van der Waals surface area (Å²) in [6.45, 7) is 4.57. The van der Waals surface area contributed by atoms with Gasteiger partial charge in [0.1, 0.15) is 0 Å². The lowest BCUT2D eigenvalue weighted by Crippen LogP contribution is -2.31. The molecule has 8 heteroatoms. The van der Waals surface area contributed by atoms with Crippen LogP contribution in [0.15, 0.2) is 23.1 Å². The van der Waals surface area contributed by atoms with E-state index < -0.39 is 10.0 Å². The van der Waals surface area contributed by atoms with Gasteiger partial charge in [0.2, 0.25) is 10.0 Å². The summed E-state index contributed by atoms with van der Waals surface area (Å²) in [4.78, 5) is 13.5. The number of ether oxygens (including phenoxy) is 1. The number of carbonyl (C=O) groups excluding carboxylic acids is 1. The lowest BCUT2D eigenvalue weighted by molar-refractivity contribution is 0.0532. The maximum Gasteiger partial charge on any atom is 0.253 e. The Kier molecular flexibility index (Phi) is 6.15. The number of nitrogens with two attached hydrogens (primary N) is 1. The van der Waals surface area contributed by atoms with Crippen LogP contribution in [0.1, 0.15) is 24.2 Å². The average Bonchev–Trinajstić information content (AvgIpc) is 2.35. The first-order valence-corrected chi connectivity index (χ1v) is 8.24. The van der Waals surface area contributed by atoms with Crippen molar-refractivity contribution in [3.8, 4) is 0 Å². The van der Waals surface area contributed by atoms with E-state index in [4.69, 9.17) is 21.5 Å². The molecular weight excluding hydrogens is 316 g/mol. The highest BCUT2D eigenvalue weighted by Gasteiger charge is 2.17. The van der Waals surface area contributed by atoms with Gasteiger partial charge in [0.25, 0.3) is 5.91 Å². The van der Waals surface area contributed by atoms with Crippen LogP contribution in [0, 0.1) is 0 Å². The first-order chi connectivity index (χ1) is 9.61. The molecule has 1 aromatic carbocycles. The molecule has 0 fully saturated rings. The topological polar surface area (TPSA) is 89.7 Å². The van der Waals surface area contributed by atoms with E-state index in [2.05, 4.69) is 0 Å². The summed E-state index contributed by atoms with van der Waals surface area (Å²) in [7, 11) is -2.31. The van der Waals surface area contributed by atoms with Crippen LogP contribution < -0.4 is 5.14 Å². The number of hydrogen-bond donors (Lipinski definition) is 1. The third-order valence-electron chi connectivity index (χ3n) is 2.67. The van der Waals surface area contributed by atoms with Gasteiger partial charge >= 0.3 is 0 Å². The zero-order chi connectivity index (χ0) is 16.2. The lowest BCUT2D eigenvalue weighted by atomic mass is 10.2. The molecule has 1 aromatic rings. The Morgan fingerprint density at radius 2 is 2.00 bits per heavy atom. The fourth-order valence-electron chi connectivity index (χ4n) is 1.60. The summed E-state index contributed by atoms with van der Waals surface area (Å²) >= 11 is 5.84. The monoisotopic (exact) mass is 334 g/mol. The molecule has 0 heterocycles. The highest BCUT2D eigenvalue weighted by molar-refractivity contribution is 7.89. The van der Waals surface area contributed by atoms with Gasteiger partial charge in [-0.15, -0.1) is 0 Å². The van der Waals surface area contributed by atoms with Gasteiger partial charge in [-0.1, -0.05) is 11.6 Å². The van der Waals surface area contributed by atoms with Gasteiger partial charge in [-0.25, -0.2) is 13.6 Å². The molecule has 0 unspecified atom stereocenters. The quantitative estimate of drug-likeness (QED) is 0.853. The molecule has 0 radical (unpaired) electrons. The van der Waals surface area contributed by atoms with E-state index in [1.54, 1.807) is 7.05 Å². The summed E-state index contributed by atoms with van der Waals surface area (Å²) in [6.07, 6.45) is 0.0775. The Morgan fingerprint density at radius 3 is 2.52 bits per heavy atom. The summed E-state index contributed by atoms with van der Waals surface area (Å²) in [5.74, 6) is -0.352. The molecule has 0 spiro atoms. The van der Waals surface area contributed by atoms with Crippen molar-refractivity contribution in [2.75, 3.05) is 20.2 Å². The molecule has 0 saturated carbocycles. The number of halogens is 1. The van der Waals surface area contributed by atoms with Gasteiger partial charge in [0.05, 0.1) is 17.6 Å². The molecule has 0 aliphatic heterocycles. The second-order valence-electron chi connectivity index (χ2n) is 4.87. The normalized spacial score (nSPS) is 11.7. The Labute approximate surface area is 129 Å². The van der Waals surface area contributed by atoms with Gasteiger partial charge in [-0.05, 0) is 32.0 Å². The van der Waals surface area contributed by atoms with Crippen LogP contribution in [0.5, 0.6) is 0 Å². The fraction of sp³-hybridized carbons (Fsp3) is 0.462. The second-order valence-corrected chi connectivity index (χ2v) is 6.86. The summed E-state index contributed by atoms with van der Waals surface area (Å²) < 4.78 is 28.1. The van der Waals surface area contributed by atoms with Crippen LogP contribution in [-0.2, 0) is 14.8 Å². The fourth-order valence-corrected chi connectivity index (χ4v) is 2.48. The maximum absolute atomic E-state index is 12.2. The number of rotatable bonds is 6. The Hall–Kier alpha value is -1.15. The molecule has 0 atom stereocenters. The largest absolute Gasteiger partial charge is 0.377 e. The number of hydrogen-bond acceptors (Lipinski definition) is 4. The molecular formula is C13H19ClN2O4S. The Morgan fingerprint density at radius 1 is 1.38 bits per heavy atom. The van der Waals surface area contributed by atoms with E-state index in [-0.39, 0.29) is 27.5 Å². The van der Waals surface area contributed by atoms with E-state index in [1.165, 1.54) is 23.1 Å². The minimum Gasteiger partial charge on any atom is -0.377 e. The zero-order valence-electron chi connectivity index (χ0n) is 12.2. The number of amides is 1. The molecule has 2 N–H and O–H groups in total. The van der Waals surface area contributed by atoms with E-state index in [0.29, 0.717) is 13.2 Å². The third kappa shape index (κ3) is 5.62. The van der Waals surface area contributed by atoms with Gasteiger partial charge < -0.3 is 9.64 Å². The van der Waals surface area contributed by atoms with Crippen molar-refractivity contribution < 1.29 is 17.9 Å². The Bertz CT molecular complexity index is 617. The van der Waals surface area contributed by atoms with Crippen LogP contribution >= 0.6 is 11.6 Å². The summed E-state index contributed by atoms with van der Waals surface area (Å²) in [5.41, 5.74) is 0.165. The molecule has 1 rings (SSSR count). The molecule has 118 valence electrons. The molecule has 0 aliphatic rings. The summed E-state index contributed by atoms with van der Waals surface area (Å²) in [6, 6.07) is 3.82. The first-order valence-electron chi connectivity index (χ1n) is 6.31. The van der Waals surface area contributed by atoms with E-state index in [0.717, 1.165) is 0 Å². The highest BCUT2D eigenvalue weighted by atomic mass is 35.5. The van der Waals surface area contributed by atoms with Crippen molar-refractivity contribution in [3.63, 3.8) is 0 Å². The van der Waals surface area contributed by atoms with Crippen molar-refractivity contribution in [2.45, 2.75) is 24.8 Å². The van der Waals surface area contributed by atoms with Crippen molar-refractivity contribution >= 4 is 27.5 Å². The van der Waals surface area contributed by atoms with Gasteiger partial charge in [0, 0.05) is 24.2 Å². The van der Waals surface area contributed by atoms with Crippen molar-refractivity contribution in [1.29, 1.82) is 0 Å². The second kappa shape index (κ2) is 7.22. The minimum atomic E-state index is -3.92. The molecule has 6 nitrogen and oxygen atoms in total. The molecule has 0 bridgehead atoms. The third-order valence-corrected chi connectivity index (χ3v) is 3.78. The number of carbonyl (C=O) groups is 1. The predicted octanol–water partition coefficient (Wildman–Crippen LogP) is 1.48. The standard InChI is InChI=1S/C13H19ClN2O4S/c1-9(2)20-5-4-16(3)13(17)10-6-11(14)8-12(7-10)21(15,18)19/h6-9H,4-5H2,1-3H3,(H2,15,18,19).